The lowest BCUT2D eigenvalue weighted by atomic mass is 10.1. The normalized spacial score (nSPS) is 15.0. The van der Waals surface area contributed by atoms with Crippen LogP contribution in [0.5, 0.6) is 5.75 Å². The molecule has 156 valence electrons. The third kappa shape index (κ3) is 4.11. The van der Waals surface area contributed by atoms with Crippen LogP contribution in [0.1, 0.15) is 47.2 Å². The Balaban J connectivity index is 1.80. The van der Waals surface area contributed by atoms with Crippen LogP contribution in [0.2, 0.25) is 0 Å². The second-order valence-corrected chi connectivity index (χ2v) is 8.21. The van der Waals surface area contributed by atoms with Crippen molar-refractivity contribution in [1.82, 2.24) is 5.32 Å². The molecular weight excluding hydrogens is 400 g/mol. The van der Waals surface area contributed by atoms with E-state index in [1.54, 1.807) is 31.4 Å². The number of anilines is 1. The zero-order valence-electron chi connectivity index (χ0n) is 16.7. The van der Waals surface area contributed by atoms with Crippen LogP contribution < -0.4 is 15.0 Å². The lowest BCUT2D eigenvalue weighted by Gasteiger charge is -2.31. The summed E-state index contributed by atoms with van der Waals surface area (Å²) in [6, 6.07) is 13.5. The highest BCUT2D eigenvalue weighted by Crippen LogP contribution is 2.37. The summed E-state index contributed by atoms with van der Waals surface area (Å²) in [5.74, 6) is 0.0726. The van der Waals surface area contributed by atoms with E-state index in [0.29, 0.717) is 11.4 Å². The quantitative estimate of drug-likeness (QED) is 0.592. The standard InChI is InChI=1S/C23H24N2O4S/c1-28-18-11-5-4-10-17(18)25(23(27)19-12-6-14-29-19)21(20-13-7-15-30-20)22(26)24-16-8-2-3-9-16/h4-7,10-16,21H,2-3,8-9H2,1H3,(H,24,26)/t21-/m0/s1. The first-order valence-corrected chi connectivity index (χ1v) is 10.9. The number of nitrogens with zero attached hydrogens (tertiary/aromatic N) is 1. The minimum atomic E-state index is -0.834. The average molecular weight is 425 g/mol. The molecule has 30 heavy (non-hydrogen) atoms. The van der Waals surface area contributed by atoms with Gasteiger partial charge in [-0.25, -0.2) is 0 Å². The van der Waals surface area contributed by atoms with E-state index in [4.69, 9.17) is 9.15 Å². The molecule has 1 saturated carbocycles. The van der Waals surface area contributed by atoms with Gasteiger partial charge in [-0.2, -0.15) is 0 Å². The lowest BCUT2D eigenvalue weighted by molar-refractivity contribution is -0.123. The third-order valence-electron chi connectivity index (χ3n) is 5.32. The Morgan fingerprint density at radius 3 is 2.60 bits per heavy atom. The molecule has 4 rings (SSSR count). The van der Waals surface area contributed by atoms with Gasteiger partial charge in [-0.15, -0.1) is 11.3 Å². The molecule has 0 unspecified atom stereocenters. The molecule has 1 aromatic carbocycles. The Morgan fingerprint density at radius 2 is 1.93 bits per heavy atom. The number of carbonyl (C=O) groups excluding carboxylic acids is 2. The van der Waals surface area contributed by atoms with Crippen molar-refractivity contribution in [2.75, 3.05) is 12.0 Å². The number of thiophene rings is 1. The summed E-state index contributed by atoms with van der Waals surface area (Å²) in [4.78, 5) is 29.3. The molecule has 2 heterocycles. The van der Waals surface area contributed by atoms with Gasteiger partial charge in [0.25, 0.3) is 5.91 Å². The summed E-state index contributed by atoms with van der Waals surface area (Å²) in [7, 11) is 1.55. The molecule has 1 N–H and O–H groups in total. The van der Waals surface area contributed by atoms with Crippen molar-refractivity contribution < 1.29 is 18.7 Å². The van der Waals surface area contributed by atoms with Crippen LogP contribution in [0.3, 0.4) is 0 Å². The van der Waals surface area contributed by atoms with Gasteiger partial charge in [0.15, 0.2) is 11.8 Å². The number of amides is 2. The van der Waals surface area contributed by atoms with Crippen LogP contribution in [-0.4, -0.2) is 25.0 Å². The van der Waals surface area contributed by atoms with E-state index in [2.05, 4.69) is 5.32 Å². The first-order chi connectivity index (χ1) is 14.7. The molecule has 7 heteroatoms. The summed E-state index contributed by atoms with van der Waals surface area (Å²) in [6.45, 7) is 0. The van der Waals surface area contributed by atoms with Gasteiger partial charge in [0, 0.05) is 10.9 Å². The summed E-state index contributed by atoms with van der Waals surface area (Å²) in [6.07, 6.45) is 5.59. The fourth-order valence-electron chi connectivity index (χ4n) is 3.88. The highest BCUT2D eigenvalue weighted by atomic mass is 32.1. The number of hydrogen-bond donors (Lipinski definition) is 1. The van der Waals surface area contributed by atoms with Crippen LogP contribution in [0.4, 0.5) is 5.69 Å². The van der Waals surface area contributed by atoms with Crippen LogP contribution in [0, 0.1) is 0 Å². The van der Waals surface area contributed by atoms with Crippen molar-refractivity contribution in [3.63, 3.8) is 0 Å². The molecule has 6 nitrogen and oxygen atoms in total. The van der Waals surface area contributed by atoms with Gasteiger partial charge >= 0.3 is 0 Å². The number of furan rings is 1. The molecule has 0 spiro atoms. The minimum absolute atomic E-state index is 0.137. The van der Waals surface area contributed by atoms with Crippen molar-refractivity contribution in [1.29, 1.82) is 0 Å². The van der Waals surface area contributed by atoms with Crippen molar-refractivity contribution in [2.24, 2.45) is 0 Å². The number of methoxy groups -OCH3 is 1. The number of rotatable bonds is 7. The van der Waals surface area contributed by atoms with Crippen LogP contribution in [-0.2, 0) is 4.79 Å². The smallest absolute Gasteiger partial charge is 0.295 e. The molecule has 2 aromatic heterocycles. The highest BCUT2D eigenvalue weighted by Gasteiger charge is 2.37. The maximum Gasteiger partial charge on any atom is 0.295 e. The van der Waals surface area contributed by atoms with Gasteiger partial charge < -0.3 is 14.5 Å². The van der Waals surface area contributed by atoms with Gasteiger partial charge in [-0.3, -0.25) is 14.5 Å². The van der Waals surface area contributed by atoms with E-state index in [9.17, 15) is 9.59 Å². The van der Waals surface area contributed by atoms with Gasteiger partial charge in [-0.05, 0) is 48.6 Å². The molecule has 1 aliphatic rings. The van der Waals surface area contributed by atoms with Crippen molar-refractivity contribution in [3.05, 3.63) is 70.8 Å². The van der Waals surface area contributed by atoms with E-state index in [0.717, 1.165) is 30.6 Å². The van der Waals surface area contributed by atoms with E-state index < -0.39 is 11.9 Å². The van der Waals surface area contributed by atoms with Crippen LogP contribution >= 0.6 is 11.3 Å². The fraction of sp³-hybridized carbons (Fsp3) is 0.304. The largest absolute Gasteiger partial charge is 0.495 e. The van der Waals surface area contributed by atoms with Crippen molar-refractivity contribution >= 4 is 28.8 Å². The number of nitrogens with one attached hydrogen (secondary N) is 1. The van der Waals surface area contributed by atoms with Crippen LogP contribution in [0.15, 0.2) is 64.6 Å². The minimum Gasteiger partial charge on any atom is -0.495 e. The first-order valence-electron chi connectivity index (χ1n) is 10.0. The summed E-state index contributed by atoms with van der Waals surface area (Å²) >= 11 is 1.44. The molecule has 0 bridgehead atoms. The van der Waals surface area contributed by atoms with Crippen LogP contribution in [0.25, 0.3) is 0 Å². The maximum atomic E-state index is 13.6. The van der Waals surface area contributed by atoms with Gasteiger partial charge in [-0.1, -0.05) is 31.0 Å². The van der Waals surface area contributed by atoms with Crippen molar-refractivity contribution in [2.45, 2.75) is 37.8 Å². The second kappa shape index (κ2) is 9.17. The zero-order valence-corrected chi connectivity index (χ0v) is 17.6. The van der Waals surface area contributed by atoms with Gasteiger partial charge in [0.05, 0.1) is 19.1 Å². The van der Waals surface area contributed by atoms with E-state index in [-0.39, 0.29) is 17.7 Å². The predicted molar refractivity (Wildman–Crippen MR) is 116 cm³/mol. The fourth-order valence-corrected chi connectivity index (χ4v) is 4.70. The van der Waals surface area contributed by atoms with Gasteiger partial charge in [0.2, 0.25) is 5.91 Å². The monoisotopic (exact) mass is 424 g/mol. The molecule has 1 atom stereocenters. The molecule has 0 saturated heterocycles. The third-order valence-corrected chi connectivity index (χ3v) is 6.24. The molecular formula is C23H24N2O4S. The highest BCUT2D eigenvalue weighted by molar-refractivity contribution is 7.10. The SMILES string of the molecule is COc1ccccc1N(C(=O)c1ccco1)[C@H](C(=O)NC1CCCC1)c1cccs1. The zero-order chi connectivity index (χ0) is 20.9. The Bertz CT molecular complexity index is 979. The average Bonchev–Trinajstić information content (AvgIpc) is 3.55. The Kier molecular flexibility index (Phi) is 6.18. The molecule has 3 aromatic rings. The number of benzene rings is 1. The summed E-state index contributed by atoms with van der Waals surface area (Å²) < 4.78 is 10.9. The molecule has 0 aliphatic heterocycles. The van der Waals surface area contributed by atoms with E-state index >= 15 is 0 Å². The molecule has 1 aliphatic carbocycles. The predicted octanol–water partition coefficient (Wildman–Crippen LogP) is 4.80. The Hall–Kier alpha value is -3.06. The second-order valence-electron chi connectivity index (χ2n) is 7.23. The number of ether oxygens (including phenoxy) is 1. The Morgan fingerprint density at radius 1 is 1.13 bits per heavy atom. The number of hydrogen-bond acceptors (Lipinski definition) is 5. The maximum absolute atomic E-state index is 13.6. The van der Waals surface area contributed by atoms with Crippen molar-refractivity contribution in [3.8, 4) is 5.75 Å². The molecule has 1 fully saturated rings. The molecule has 2 amide bonds. The Labute approximate surface area is 179 Å². The topological polar surface area (TPSA) is 71.8 Å². The van der Waals surface area contributed by atoms with E-state index in [1.165, 1.54) is 22.5 Å². The lowest BCUT2D eigenvalue weighted by Crippen LogP contribution is -2.46. The summed E-state index contributed by atoms with van der Waals surface area (Å²) in [5, 5.41) is 5.06. The van der Waals surface area contributed by atoms with Gasteiger partial charge in [0.1, 0.15) is 5.75 Å². The first kappa shape index (κ1) is 20.2. The number of carbonyl (C=O) groups is 2. The van der Waals surface area contributed by atoms with E-state index in [1.807, 2.05) is 29.6 Å². The number of para-hydroxylation sites is 2. The summed E-state index contributed by atoms with van der Waals surface area (Å²) in [5.41, 5.74) is 0.515. The molecule has 0 radical (unpaired) electrons.